The summed E-state index contributed by atoms with van der Waals surface area (Å²) in [6.45, 7) is 1.19. The highest BCUT2D eigenvalue weighted by atomic mass is 127. The lowest BCUT2D eigenvalue weighted by atomic mass is 9.94. The number of carboxylic acids is 1. The van der Waals surface area contributed by atoms with Gasteiger partial charge in [-0.2, -0.15) is 0 Å². The Morgan fingerprint density at radius 3 is 2.85 bits per heavy atom. The quantitative estimate of drug-likeness (QED) is 0.783. The lowest BCUT2D eigenvalue weighted by Crippen LogP contribution is -2.40. The second-order valence-corrected chi connectivity index (χ2v) is 6.56. The molecule has 1 unspecified atom stereocenters. The van der Waals surface area contributed by atoms with E-state index in [9.17, 15) is 9.59 Å². The van der Waals surface area contributed by atoms with Gasteiger partial charge in [0.05, 0.1) is 5.02 Å². The smallest absolute Gasteiger partial charge is 0.303 e. The summed E-state index contributed by atoms with van der Waals surface area (Å²) in [5.41, 5.74) is 0.561. The molecule has 1 aliphatic heterocycles. The molecule has 1 aromatic rings. The molecule has 6 heteroatoms. The molecule has 1 aliphatic rings. The standard InChI is InChI=1S/C14H15ClINO3/c15-11-7-10(3-4-12(11)16)14(20)17-5-1-2-9(8-17)6-13(18)19/h3-4,7,9H,1-2,5-6,8H2,(H,18,19). The van der Waals surface area contributed by atoms with Crippen molar-refractivity contribution in [2.45, 2.75) is 19.3 Å². The zero-order valence-electron chi connectivity index (χ0n) is 10.8. The third kappa shape index (κ3) is 3.85. The normalized spacial score (nSPS) is 18.9. The summed E-state index contributed by atoms with van der Waals surface area (Å²) in [6, 6.07) is 5.25. The molecule has 108 valence electrons. The predicted octanol–water partition coefficient (Wildman–Crippen LogP) is 3.27. The van der Waals surface area contributed by atoms with Crippen LogP contribution in [0.2, 0.25) is 5.02 Å². The molecule has 0 spiro atoms. The predicted molar refractivity (Wildman–Crippen MR) is 85.0 cm³/mol. The first-order valence-electron chi connectivity index (χ1n) is 6.43. The van der Waals surface area contributed by atoms with Gasteiger partial charge in [-0.05, 0) is 59.5 Å². The minimum absolute atomic E-state index is 0.0459. The molecule has 1 N–H and O–H groups in total. The van der Waals surface area contributed by atoms with Crippen LogP contribution < -0.4 is 0 Å². The van der Waals surface area contributed by atoms with Crippen LogP contribution in [0.4, 0.5) is 0 Å². The van der Waals surface area contributed by atoms with Gasteiger partial charge in [-0.25, -0.2) is 0 Å². The summed E-state index contributed by atoms with van der Waals surface area (Å²) >= 11 is 8.15. The molecule has 1 heterocycles. The molecule has 1 aromatic carbocycles. The van der Waals surface area contributed by atoms with Crippen molar-refractivity contribution in [3.8, 4) is 0 Å². The van der Waals surface area contributed by atoms with Crippen molar-refractivity contribution in [3.63, 3.8) is 0 Å². The van der Waals surface area contributed by atoms with E-state index in [2.05, 4.69) is 22.6 Å². The number of aliphatic carboxylic acids is 1. The van der Waals surface area contributed by atoms with Crippen LogP contribution in [-0.4, -0.2) is 35.0 Å². The first kappa shape index (κ1) is 15.6. The molecule has 1 amide bonds. The van der Waals surface area contributed by atoms with E-state index in [1.54, 1.807) is 17.0 Å². The van der Waals surface area contributed by atoms with Crippen LogP contribution in [0.3, 0.4) is 0 Å². The summed E-state index contributed by atoms with van der Waals surface area (Å²) in [6.07, 6.45) is 1.84. The lowest BCUT2D eigenvalue weighted by molar-refractivity contribution is -0.138. The van der Waals surface area contributed by atoms with Crippen LogP contribution in [-0.2, 0) is 4.79 Å². The van der Waals surface area contributed by atoms with E-state index in [-0.39, 0.29) is 18.2 Å². The van der Waals surface area contributed by atoms with Gasteiger partial charge in [-0.15, -0.1) is 0 Å². The Bertz CT molecular complexity index is 535. The number of piperidine rings is 1. The van der Waals surface area contributed by atoms with Gasteiger partial charge in [0.25, 0.3) is 5.91 Å². The number of hydrogen-bond donors (Lipinski definition) is 1. The molecular formula is C14H15ClINO3. The molecule has 0 aromatic heterocycles. The number of carbonyl (C=O) groups is 2. The number of likely N-dealkylation sites (tertiary alicyclic amines) is 1. The van der Waals surface area contributed by atoms with Gasteiger partial charge in [-0.1, -0.05) is 11.6 Å². The molecule has 1 saturated heterocycles. The van der Waals surface area contributed by atoms with Crippen molar-refractivity contribution in [1.29, 1.82) is 0 Å². The molecule has 2 rings (SSSR count). The van der Waals surface area contributed by atoms with E-state index < -0.39 is 5.97 Å². The van der Waals surface area contributed by atoms with Crippen LogP contribution >= 0.6 is 34.2 Å². The van der Waals surface area contributed by atoms with Gasteiger partial charge in [0.15, 0.2) is 0 Å². The highest BCUT2D eigenvalue weighted by Gasteiger charge is 2.26. The maximum atomic E-state index is 12.4. The Morgan fingerprint density at radius 2 is 2.20 bits per heavy atom. The highest BCUT2D eigenvalue weighted by molar-refractivity contribution is 14.1. The third-order valence-corrected chi connectivity index (χ3v) is 5.01. The molecule has 1 fully saturated rings. The van der Waals surface area contributed by atoms with Gasteiger partial charge in [0, 0.05) is 28.6 Å². The van der Waals surface area contributed by atoms with Crippen LogP contribution in [0.15, 0.2) is 18.2 Å². The number of carboxylic acid groups (broad SMARTS) is 1. The number of rotatable bonds is 3. The second kappa shape index (κ2) is 6.76. The van der Waals surface area contributed by atoms with E-state index in [1.165, 1.54) is 0 Å². The summed E-state index contributed by atoms with van der Waals surface area (Å²) in [7, 11) is 0. The van der Waals surface area contributed by atoms with E-state index in [0.29, 0.717) is 23.7 Å². The zero-order chi connectivity index (χ0) is 14.7. The molecular weight excluding hydrogens is 393 g/mol. The van der Waals surface area contributed by atoms with Gasteiger partial charge >= 0.3 is 5.97 Å². The van der Waals surface area contributed by atoms with Gasteiger partial charge in [0.1, 0.15) is 0 Å². The van der Waals surface area contributed by atoms with E-state index >= 15 is 0 Å². The average Bonchev–Trinajstić information content (AvgIpc) is 2.40. The summed E-state index contributed by atoms with van der Waals surface area (Å²) in [4.78, 5) is 24.9. The number of carbonyl (C=O) groups excluding carboxylic acids is 1. The van der Waals surface area contributed by atoms with Gasteiger partial charge < -0.3 is 10.0 Å². The number of halogens is 2. The fraction of sp³-hybridized carbons (Fsp3) is 0.429. The molecule has 0 bridgehead atoms. The van der Waals surface area contributed by atoms with Crippen molar-refractivity contribution in [3.05, 3.63) is 32.4 Å². The van der Waals surface area contributed by atoms with Gasteiger partial charge in [-0.3, -0.25) is 9.59 Å². The van der Waals surface area contributed by atoms with Crippen LogP contribution in [0, 0.1) is 9.49 Å². The summed E-state index contributed by atoms with van der Waals surface area (Å²) < 4.78 is 0.906. The van der Waals surface area contributed by atoms with Crippen LogP contribution in [0.1, 0.15) is 29.6 Å². The van der Waals surface area contributed by atoms with Crippen molar-refractivity contribution in [2.24, 2.45) is 5.92 Å². The van der Waals surface area contributed by atoms with E-state index in [0.717, 1.165) is 16.4 Å². The molecule has 0 radical (unpaired) electrons. The van der Waals surface area contributed by atoms with Crippen LogP contribution in [0.5, 0.6) is 0 Å². The van der Waals surface area contributed by atoms with Crippen molar-refractivity contribution >= 4 is 46.1 Å². The Hall–Kier alpha value is -0.820. The minimum Gasteiger partial charge on any atom is -0.481 e. The Kier molecular flexibility index (Phi) is 5.26. The first-order chi connectivity index (χ1) is 9.47. The third-order valence-electron chi connectivity index (χ3n) is 3.44. The lowest BCUT2D eigenvalue weighted by Gasteiger charge is -2.32. The minimum atomic E-state index is -0.804. The van der Waals surface area contributed by atoms with E-state index in [4.69, 9.17) is 16.7 Å². The maximum Gasteiger partial charge on any atom is 0.303 e. The topological polar surface area (TPSA) is 57.6 Å². The largest absolute Gasteiger partial charge is 0.481 e. The number of amides is 1. The number of benzene rings is 1. The van der Waals surface area contributed by atoms with Crippen molar-refractivity contribution < 1.29 is 14.7 Å². The molecule has 4 nitrogen and oxygen atoms in total. The average molecular weight is 408 g/mol. The summed E-state index contributed by atoms with van der Waals surface area (Å²) in [5, 5.41) is 9.42. The molecule has 20 heavy (non-hydrogen) atoms. The van der Waals surface area contributed by atoms with Crippen molar-refractivity contribution in [1.82, 2.24) is 4.90 Å². The van der Waals surface area contributed by atoms with Gasteiger partial charge in [0.2, 0.25) is 0 Å². The second-order valence-electron chi connectivity index (χ2n) is 4.99. The number of nitrogens with zero attached hydrogens (tertiary/aromatic N) is 1. The Morgan fingerprint density at radius 1 is 1.45 bits per heavy atom. The SMILES string of the molecule is O=C(O)CC1CCCN(C(=O)c2ccc(I)c(Cl)c2)C1. The Labute approximate surface area is 136 Å². The fourth-order valence-electron chi connectivity index (χ4n) is 2.47. The number of hydrogen-bond acceptors (Lipinski definition) is 2. The van der Waals surface area contributed by atoms with Crippen molar-refractivity contribution in [2.75, 3.05) is 13.1 Å². The molecule has 0 aliphatic carbocycles. The summed E-state index contributed by atoms with van der Waals surface area (Å²) in [5.74, 6) is -0.829. The van der Waals surface area contributed by atoms with Crippen LogP contribution in [0.25, 0.3) is 0 Å². The van der Waals surface area contributed by atoms with E-state index in [1.807, 2.05) is 6.07 Å². The maximum absolute atomic E-state index is 12.4. The fourth-order valence-corrected chi connectivity index (χ4v) is 2.99. The monoisotopic (exact) mass is 407 g/mol. The highest BCUT2D eigenvalue weighted by Crippen LogP contribution is 2.24. The molecule has 1 atom stereocenters. The zero-order valence-corrected chi connectivity index (χ0v) is 13.7. The Balaban J connectivity index is 2.08. The molecule has 0 saturated carbocycles. The first-order valence-corrected chi connectivity index (χ1v) is 7.89.